The van der Waals surface area contributed by atoms with Crippen molar-refractivity contribution in [3.8, 4) is 11.5 Å². The molecule has 0 radical (unpaired) electrons. The first-order chi connectivity index (χ1) is 19.7. The molecule has 10 heteroatoms. The van der Waals surface area contributed by atoms with Crippen LogP contribution < -0.4 is 9.47 Å². The van der Waals surface area contributed by atoms with Crippen molar-refractivity contribution >= 4 is 11.9 Å². The summed E-state index contributed by atoms with van der Waals surface area (Å²) >= 11 is 0. The number of allylic oxidation sites excluding steroid dienone is 4. The van der Waals surface area contributed by atoms with E-state index in [1.807, 2.05) is 48.6 Å². The molecule has 40 heavy (non-hydrogen) atoms. The molecule has 218 valence electrons. The van der Waals surface area contributed by atoms with E-state index < -0.39 is 0 Å². The number of rotatable bonds is 22. The van der Waals surface area contributed by atoms with Gasteiger partial charge in [0.1, 0.15) is 26.4 Å². The molecule has 0 heterocycles. The number of esters is 2. The third kappa shape index (κ3) is 12.6. The third-order valence-corrected chi connectivity index (χ3v) is 5.55. The molecule has 2 aliphatic carbocycles. The van der Waals surface area contributed by atoms with Gasteiger partial charge in [0.25, 0.3) is 0 Å². The van der Waals surface area contributed by atoms with Crippen LogP contribution in [0.1, 0.15) is 0 Å². The van der Waals surface area contributed by atoms with E-state index in [0.717, 1.165) is 0 Å². The van der Waals surface area contributed by atoms with Crippen molar-refractivity contribution in [2.75, 3.05) is 79.3 Å². The van der Waals surface area contributed by atoms with Crippen LogP contribution in [-0.2, 0) is 38.0 Å². The predicted molar refractivity (Wildman–Crippen MR) is 146 cm³/mol. The van der Waals surface area contributed by atoms with Gasteiger partial charge in [-0.25, -0.2) is 0 Å². The van der Waals surface area contributed by atoms with E-state index in [0.29, 0.717) is 77.6 Å². The molecule has 0 bridgehead atoms. The van der Waals surface area contributed by atoms with Gasteiger partial charge < -0.3 is 37.9 Å². The Bertz CT molecular complexity index is 897. The van der Waals surface area contributed by atoms with Crippen molar-refractivity contribution in [1.29, 1.82) is 0 Å². The smallest absolute Gasteiger partial charge is 0.316 e. The van der Waals surface area contributed by atoms with Crippen molar-refractivity contribution in [2.24, 2.45) is 11.8 Å². The summed E-state index contributed by atoms with van der Waals surface area (Å²) in [7, 11) is 0. The van der Waals surface area contributed by atoms with E-state index in [-0.39, 0.29) is 37.0 Å². The molecule has 0 unspecified atom stereocenters. The van der Waals surface area contributed by atoms with Crippen LogP contribution in [0.25, 0.3) is 0 Å². The van der Waals surface area contributed by atoms with E-state index in [1.54, 1.807) is 24.3 Å². The van der Waals surface area contributed by atoms with Crippen LogP contribution >= 0.6 is 0 Å². The van der Waals surface area contributed by atoms with E-state index in [2.05, 4.69) is 0 Å². The highest BCUT2D eigenvalue weighted by Gasteiger charge is 2.16. The van der Waals surface area contributed by atoms with Crippen molar-refractivity contribution in [3.63, 3.8) is 0 Å². The van der Waals surface area contributed by atoms with Gasteiger partial charge in [-0.05, 0) is 12.1 Å². The summed E-state index contributed by atoms with van der Waals surface area (Å²) in [6, 6.07) is 7.40. The summed E-state index contributed by atoms with van der Waals surface area (Å²) in [4.78, 5) is 23.5. The summed E-state index contributed by atoms with van der Waals surface area (Å²) in [5.41, 5.74) is 0. The molecule has 3 rings (SSSR count). The van der Waals surface area contributed by atoms with Crippen LogP contribution in [-0.4, -0.2) is 91.2 Å². The minimum atomic E-state index is -0.286. The van der Waals surface area contributed by atoms with Gasteiger partial charge in [0.2, 0.25) is 0 Å². The molecular formula is C30H38O10. The molecule has 0 saturated carbocycles. The lowest BCUT2D eigenvalue weighted by Gasteiger charge is -2.13. The number of carbonyl (C=O) groups is 2. The van der Waals surface area contributed by atoms with Crippen molar-refractivity contribution in [1.82, 2.24) is 0 Å². The van der Waals surface area contributed by atoms with Crippen LogP contribution in [0.2, 0.25) is 0 Å². The Morgan fingerprint density at radius 3 is 1.18 bits per heavy atom. The summed E-state index contributed by atoms with van der Waals surface area (Å²) < 4.78 is 43.7. The Hall–Kier alpha value is -3.44. The summed E-state index contributed by atoms with van der Waals surface area (Å²) in [5.74, 6) is 0.131. The first-order valence-corrected chi connectivity index (χ1v) is 13.4. The lowest BCUT2D eigenvalue weighted by Crippen LogP contribution is -2.17. The maximum absolute atomic E-state index is 11.7. The fourth-order valence-corrected chi connectivity index (χ4v) is 3.53. The van der Waals surface area contributed by atoms with Gasteiger partial charge in [-0.15, -0.1) is 0 Å². The summed E-state index contributed by atoms with van der Waals surface area (Å²) in [6.07, 6.45) is 14.4. The van der Waals surface area contributed by atoms with Crippen LogP contribution in [0.5, 0.6) is 11.5 Å². The topological polar surface area (TPSA) is 108 Å². The molecule has 0 spiro atoms. The lowest BCUT2D eigenvalue weighted by molar-refractivity contribution is -0.147. The molecule has 0 fully saturated rings. The second-order valence-electron chi connectivity index (χ2n) is 8.52. The summed E-state index contributed by atoms with van der Waals surface area (Å²) in [6.45, 7) is 4.18. The molecule has 0 N–H and O–H groups in total. The first kappa shape index (κ1) is 31.1. The van der Waals surface area contributed by atoms with Crippen LogP contribution in [0.4, 0.5) is 0 Å². The average Bonchev–Trinajstić information content (AvgIpc) is 3.71. The van der Waals surface area contributed by atoms with Gasteiger partial charge in [0.15, 0.2) is 11.5 Å². The summed E-state index contributed by atoms with van der Waals surface area (Å²) in [5, 5.41) is 0. The highest BCUT2D eigenvalue weighted by molar-refractivity contribution is 5.78. The number of ether oxygens (including phenoxy) is 8. The molecule has 1 aromatic carbocycles. The number of hydrogen-bond acceptors (Lipinski definition) is 10. The highest BCUT2D eigenvalue weighted by atomic mass is 16.6. The number of carbonyl (C=O) groups excluding carboxylic acids is 2. The Balaban J connectivity index is 1.11. The Kier molecular flexibility index (Phi) is 15.2. The molecule has 0 atom stereocenters. The standard InChI is InChI=1S/C30H38O10/c31-29(25-7-1-2-8-25)39-23-19-35-15-13-33-17-21-37-27-11-5-6-12-28(27)38-22-18-34-14-16-36-20-24-40-30(32)26-9-3-4-10-26/h1-12,25-26H,13-24H2. The third-order valence-electron chi connectivity index (χ3n) is 5.55. The zero-order valence-corrected chi connectivity index (χ0v) is 22.7. The fraction of sp³-hybridized carbons (Fsp3) is 0.467. The molecule has 0 aliphatic heterocycles. The van der Waals surface area contributed by atoms with Gasteiger partial charge in [-0.1, -0.05) is 60.7 Å². The van der Waals surface area contributed by atoms with E-state index >= 15 is 0 Å². The normalized spacial score (nSPS) is 14.2. The average molecular weight is 559 g/mol. The zero-order chi connectivity index (χ0) is 28.1. The number of benzene rings is 1. The molecule has 0 saturated heterocycles. The second kappa shape index (κ2) is 19.6. The molecular weight excluding hydrogens is 520 g/mol. The molecule has 0 amide bonds. The van der Waals surface area contributed by atoms with Gasteiger partial charge in [0, 0.05) is 0 Å². The first-order valence-electron chi connectivity index (χ1n) is 13.4. The predicted octanol–water partition coefficient (Wildman–Crippen LogP) is 3.08. The minimum absolute atomic E-state index is 0.214. The molecule has 1 aromatic rings. The molecule has 2 aliphatic rings. The SMILES string of the molecule is O=C(OCCOCCOCCOc1ccccc1OCCOCCOCCOC(=O)C1C=CC=C1)C1C=CC=C1. The van der Waals surface area contributed by atoms with Gasteiger partial charge in [-0.3, -0.25) is 9.59 Å². The maximum atomic E-state index is 11.7. The van der Waals surface area contributed by atoms with Gasteiger partial charge in [0.05, 0.1) is 64.7 Å². The maximum Gasteiger partial charge on any atom is 0.316 e. The lowest BCUT2D eigenvalue weighted by atomic mass is 10.2. The van der Waals surface area contributed by atoms with Gasteiger partial charge in [-0.2, -0.15) is 0 Å². The molecule has 0 aromatic heterocycles. The van der Waals surface area contributed by atoms with Crippen LogP contribution in [0.3, 0.4) is 0 Å². The van der Waals surface area contributed by atoms with Gasteiger partial charge >= 0.3 is 11.9 Å². The van der Waals surface area contributed by atoms with Crippen LogP contribution in [0.15, 0.2) is 72.9 Å². The van der Waals surface area contributed by atoms with Crippen molar-refractivity contribution in [2.45, 2.75) is 0 Å². The molecule has 10 nitrogen and oxygen atoms in total. The Morgan fingerprint density at radius 1 is 0.475 bits per heavy atom. The van der Waals surface area contributed by atoms with E-state index in [1.165, 1.54) is 0 Å². The quantitative estimate of drug-likeness (QED) is 0.156. The van der Waals surface area contributed by atoms with Crippen molar-refractivity contribution < 1.29 is 47.5 Å². The van der Waals surface area contributed by atoms with E-state index in [4.69, 9.17) is 37.9 Å². The number of hydrogen-bond donors (Lipinski definition) is 0. The minimum Gasteiger partial charge on any atom is -0.487 e. The van der Waals surface area contributed by atoms with Crippen LogP contribution in [0, 0.1) is 11.8 Å². The fourth-order valence-electron chi connectivity index (χ4n) is 3.53. The monoisotopic (exact) mass is 558 g/mol. The largest absolute Gasteiger partial charge is 0.487 e. The second-order valence-corrected chi connectivity index (χ2v) is 8.52. The highest BCUT2D eigenvalue weighted by Crippen LogP contribution is 2.26. The number of para-hydroxylation sites is 2. The Labute approximate surface area is 235 Å². The van der Waals surface area contributed by atoms with E-state index in [9.17, 15) is 9.59 Å². The van der Waals surface area contributed by atoms with Crippen molar-refractivity contribution in [3.05, 3.63) is 72.9 Å². The zero-order valence-electron chi connectivity index (χ0n) is 22.7. The Morgan fingerprint density at radius 2 is 0.800 bits per heavy atom.